The van der Waals surface area contributed by atoms with Gasteiger partial charge in [0.25, 0.3) is 5.56 Å². The van der Waals surface area contributed by atoms with Crippen LogP contribution in [0.2, 0.25) is 0 Å². The number of carbonyl (C=O) groups excluding carboxylic acids is 4. The van der Waals surface area contributed by atoms with Crippen LogP contribution < -0.4 is 16.2 Å². The Morgan fingerprint density at radius 1 is 1.14 bits per heavy atom. The highest BCUT2D eigenvalue weighted by Gasteiger charge is 2.47. The summed E-state index contributed by atoms with van der Waals surface area (Å²) in [7, 11) is 0. The molecule has 0 aromatic carbocycles. The van der Waals surface area contributed by atoms with E-state index in [1.807, 2.05) is 10.6 Å². The van der Waals surface area contributed by atoms with Crippen molar-refractivity contribution in [3.8, 4) is 0 Å². The van der Waals surface area contributed by atoms with E-state index in [0.29, 0.717) is 5.69 Å². The van der Waals surface area contributed by atoms with E-state index in [1.165, 1.54) is 6.92 Å². The van der Waals surface area contributed by atoms with Crippen molar-refractivity contribution in [3.05, 3.63) is 21.6 Å². The Balaban J connectivity index is 2.52. The fourth-order valence-electron chi connectivity index (χ4n) is 2.31. The van der Waals surface area contributed by atoms with E-state index in [-0.39, 0.29) is 12.2 Å². The summed E-state index contributed by atoms with van der Waals surface area (Å²) >= 11 is 0. The summed E-state index contributed by atoms with van der Waals surface area (Å²) in [6.45, 7) is 3.06. The minimum atomic E-state index is -1.58. The van der Waals surface area contributed by atoms with E-state index in [4.69, 9.17) is 4.74 Å². The number of esters is 1. The number of aryl methyl sites for hydroxylation is 1. The molecule has 0 bridgehead atoms. The number of imide groups is 2. The molecule has 4 amide bonds. The average molecular weight is 310 g/mol. The minimum absolute atomic E-state index is 0.00555. The van der Waals surface area contributed by atoms with Crippen molar-refractivity contribution >= 4 is 23.8 Å². The highest BCUT2D eigenvalue weighted by Crippen LogP contribution is 2.27. The summed E-state index contributed by atoms with van der Waals surface area (Å²) in [6, 6.07) is -0.978. The van der Waals surface area contributed by atoms with Gasteiger partial charge in [-0.05, 0) is 13.8 Å². The highest BCUT2D eigenvalue weighted by atomic mass is 16.5. The van der Waals surface area contributed by atoms with E-state index < -0.39 is 41.2 Å². The molecule has 1 fully saturated rings. The van der Waals surface area contributed by atoms with E-state index in [1.54, 1.807) is 6.92 Å². The van der Waals surface area contributed by atoms with Crippen LogP contribution in [-0.4, -0.2) is 40.6 Å². The molecule has 1 saturated heterocycles. The number of rotatable bonds is 4. The van der Waals surface area contributed by atoms with Crippen LogP contribution in [0.3, 0.4) is 0 Å². The summed E-state index contributed by atoms with van der Waals surface area (Å²) in [5.74, 6) is -5.87. The van der Waals surface area contributed by atoms with Gasteiger partial charge >= 0.3 is 12.0 Å². The molecule has 0 saturated carbocycles. The molecule has 10 heteroatoms. The van der Waals surface area contributed by atoms with Gasteiger partial charge in [-0.3, -0.25) is 34.9 Å². The molecular formula is C12H14N4O6. The molecule has 2 rings (SSSR count). The molecule has 1 atom stereocenters. The van der Waals surface area contributed by atoms with Gasteiger partial charge in [0.2, 0.25) is 11.8 Å². The fraction of sp³-hybridized carbons (Fsp3) is 0.417. The van der Waals surface area contributed by atoms with Gasteiger partial charge in [0.05, 0.1) is 12.2 Å². The van der Waals surface area contributed by atoms with Crippen LogP contribution in [-0.2, 0) is 19.1 Å². The first-order chi connectivity index (χ1) is 10.4. The second kappa shape index (κ2) is 5.84. The van der Waals surface area contributed by atoms with E-state index >= 15 is 0 Å². The molecule has 0 aliphatic carbocycles. The zero-order chi connectivity index (χ0) is 16.4. The number of hydrogen-bond acceptors (Lipinski definition) is 6. The van der Waals surface area contributed by atoms with E-state index in [0.717, 1.165) is 0 Å². The first kappa shape index (κ1) is 15.5. The van der Waals surface area contributed by atoms with Crippen LogP contribution in [0.1, 0.15) is 24.1 Å². The van der Waals surface area contributed by atoms with Gasteiger partial charge in [-0.15, -0.1) is 0 Å². The van der Waals surface area contributed by atoms with Crippen molar-refractivity contribution < 1.29 is 23.9 Å². The normalized spacial score (nSPS) is 16.9. The minimum Gasteiger partial charge on any atom is -0.465 e. The van der Waals surface area contributed by atoms with Crippen LogP contribution in [0.15, 0.2) is 4.79 Å². The second-order valence-corrected chi connectivity index (χ2v) is 4.63. The Morgan fingerprint density at radius 2 is 1.73 bits per heavy atom. The number of H-pyrrole nitrogens is 2. The van der Waals surface area contributed by atoms with Crippen LogP contribution in [0.4, 0.5) is 4.79 Å². The van der Waals surface area contributed by atoms with Gasteiger partial charge in [-0.2, -0.15) is 0 Å². The first-order valence-corrected chi connectivity index (χ1v) is 6.46. The van der Waals surface area contributed by atoms with Crippen molar-refractivity contribution in [1.29, 1.82) is 0 Å². The number of urea groups is 1. The number of ether oxygens (including phenoxy) is 1. The topological polar surface area (TPSA) is 150 Å². The lowest BCUT2D eigenvalue weighted by Crippen LogP contribution is -2.58. The first-order valence-electron chi connectivity index (χ1n) is 6.46. The van der Waals surface area contributed by atoms with Crippen molar-refractivity contribution in [1.82, 2.24) is 20.8 Å². The zero-order valence-electron chi connectivity index (χ0n) is 11.8. The van der Waals surface area contributed by atoms with Crippen LogP contribution in [0, 0.1) is 12.8 Å². The summed E-state index contributed by atoms with van der Waals surface area (Å²) in [5.41, 5.74) is -0.434. The van der Waals surface area contributed by atoms with Gasteiger partial charge in [0, 0.05) is 5.69 Å². The lowest BCUT2D eigenvalue weighted by atomic mass is 9.84. The molecule has 0 spiro atoms. The van der Waals surface area contributed by atoms with Gasteiger partial charge in [-0.25, -0.2) is 4.79 Å². The van der Waals surface area contributed by atoms with Crippen LogP contribution >= 0.6 is 0 Å². The summed E-state index contributed by atoms with van der Waals surface area (Å²) in [4.78, 5) is 59.1. The molecule has 1 aromatic heterocycles. The van der Waals surface area contributed by atoms with Crippen molar-refractivity contribution in [3.63, 3.8) is 0 Å². The SMILES string of the molecule is CCOC(=O)C(c1c(C)[nH][nH]c1=O)C1C(=O)NC(=O)NC1=O. The maximum absolute atomic E-state index is 12.2. The van der Waals surface area contributed by atoms with Crippen LogP contribution in [0.5, 0.6) is 0 Å². The summed E-state index contributed by atoms with van der Waals surface area (Å²) in [6.07, 6.45) is 0. The second-order valence-electron chi connectivity index (χ2n) is 4.63. The number of amides is 4. The van der Waals surface area contributed by atoms with Crippen molar-refractivity contribution in [2.45, 2.75) is 19.8 Å². The zero-order valence-corrected chi connectivity index (χ0v) is 11.8. The fourth-order valence-corrected chi connectivity index (χ4v) is 2.31. The number of carbonyl (C=O) groups is 4. The summed E-state index contributed by atoms with van der Waals surface area (Å²) < 4.78 is 4.86. The number of aromatic nitrogens is 2. The van der Waals surface area contributed by atoms with E-state index in [9.17, 15) is 24.0 Å². The number of hydrogen-bond donors (Lipinski definition) is 4. The quantitative estimate of drug-likeness (QED) is 0.398. The molecule has 0 radical (unpaired) electrons. The third kappa shape index (κ3) is 2.62. The molecule has 4 N–H and O–H groups in total. The van der Waals surface area contributed by atoms with Gasteiger partial charge in [0.1, 0.15) is 11.8 Å². The standard InChI is InChI=1S/C12H14N4O6/c1-3-22-11(20)6(5-4(2)15-16-10(5)19)7-8(17)13-12(21)14-9(7)18/h6-7H,3H2,1-2H3,(H2,15,16,19)(H2,13,14,17,18,21). The molecule has 118 valence electrons. The lowest BCUT2D eigenvalue weighted by Gasteiger charge is -2.26. The molecule has 1 aliphatic rings. The molecule has 10 nitrogen and oxygen atoms in total. The van der Waals surface area contributed by atoms with Gasteiger partial charge in [0.15, 0.2) is 0 Å². The van der Waals surface area contributed by atoms with Gasteiger partial charge in [-0.1, -0.05) is 0 Å². The molecule has 1 aliphatic heterocycles. The average Bonchev–Trinajstić information content (AvgIpc) is 2.74. The Bertz CT molecular complexity index is 683. The Hall–Kier alpha value is -2.91. The molecule has 22 heavy (non-hydrogen) atoms. The number of aromatic amines is 2. The predicted molar refractivity (Wildman–Crippen MR) is 70.7 cm³/mol. The number of nitrogens with one attached hydrogen (secondary N) is 4. The van der Waals surface area contributed by atoms with E-state index in [2.05, 4.69) is 10.2 Å². The third-order valence-corrected chi connectivity index (χ3v) is 3.24. The predicted octanol–water partition coefficient (Wildman–Crippen LogP) is -1.36. The van der Waals surface area contributed by atoms with Crippen molar-refractivity contribution in [2.75, 3.05) is 6.61 Å². The molecular weight excluding hydrogens is 296 g/mol. The highest BCUT2D eigenvalue weighted by molar-refractivity contribution is 6.18. The maximum atomic E-state index is 12.2. The monoisotopic (exact) mass is 310 g/mol. The third-order valence-electron chi connectivity index (χ3n) is 3.24. The largest absolute Gasteiger partial charge is 0.465 e. The Kier molecular flexibility index (Phi) is 4.11. The molecule has 2 heterocycles. The molecule has 1 unspecified atom stereocenters. The van der Waals surface area contributed by atoms with Crippen LogP contribution in [0.25, 0.3) is 0 Å². The summed E-state index contributed by atoms with van der Waals surface area (Å²) in [5, 5.41) is 8.59. The van der Waals surface area contributed by atoms with Gasteiger partial charge < -0.3 is 9.84 Å². The maximum Gasteiger partial charge on any atom is 0.328 e. The number of barbiturate groups is 1. The Labute approximate surface area is 123 Å². The smallest absolute Gasteiger partial charge is 0.328 e. The molecule has 1 aromatic rings. The lowest BCUT2D eigenvalue weighted by molar-refractivity contribution is -0.152. The Morgan fingerprint density at radius 3 is 2.18 bits per heavy atom. The van der Waals surface area contributed by atoms with Crippen molar-refractivity contribution in [2.24, 2.45) is 5.92 Å².